The molecule has 130 valence electrons. The van der Waals surface area contributed by atoms with Gasteiger partial charge in [0, 0.05) is 26.0 Å². The molecule has 2 aromatic heterocycles. The Bertz CT molecular complexity index is 955. The number of nitrogens with zero attached hydrogens (tertiary/aromatic N) is 3. The SMILES string of the molecule is COCCCNc1nc(=O)n(-c2ccccc2Cl)c2nc(C)ccc12. The number of methoxy groups -OCH3 is 1. The topological polar surface area (TPSA) is 69.0 Å². The molecule has 0 amide bonds. The molecule has 6 nitrogen and oxygen atoms in total. The van der Waals surface area contributed by atoms with Gasteiger partial charge in [-0.2, -0.15) is 4.98 Å². The summed E-state index contributed by atoms with van der Waals surface area (Å²) in [6, 6.07) is 11.0. The Labute approximate surface area is 150 Å². The first-order chi connectivity index (χ1) is 12.1. The van der Waals surface area contributed by atoms with E-state index in [1.165, 1.54) is 4.57 Å². The zero-order valence-corrected chi connectivity index (χ0v) is 14.9. The zero-order chi connectivity index (χ0) is 17.8. The fraction of sp³-hybridized carbons (Fsp3) is 0.278. The van der Waals surface area contributed by atoms with Crippen molar-refractivity contribution >= 4 is 28.5 Å². The summed E-state index contributed by atoms with van der Waals surface area (Å²) in [5, 5.41) is 4.43. The van der Waals surface area contributed by atoms with Crippen LogP contribution in [0.1, 0.15) is 12.1 Å². The number of ether oxygens (including phenoxy) is 1. The van der Waals surface area contributed by atoms with Gasteiger partial charge >= 0.3 is 5.69 Å². The maximum Gasteiger partial charge on any atom is 0.355 e. The monoisotopic (exact) mass is 358 g/mol. The first-order valence-electron chi connectivity index (χ1n) is 8.00. The van der Waals surface area contributed by atoms with Gasteiger partial charge in [-0.05, 0) is 37.6 Å². The molecule has 1 N–H and O–H groups in total. The van der Waals surface area contributed by atoms with E-state index in [9.17, 15) is 4.79 Å². The van der Waals surface area contributed by atoms with Gasteiger partial charge in [-0.1, -0.05) is 23.7 Å². The molecule has 2 heterocycles. The molecule has 0 saturated heterocycles. The molecule has 3 aromatic rings. The normalized spacial score (nSPS) is 11.0. The second-order valence-corrected chi connectivity index (χ2v) is 6.03. The highest BCUT2D eigenvalue weighted by atomic mass is 35.5. The van der Waals surface area contributed by atoms with E-state index in [4.69, 9.17) is 16.3 Å². The molecule has 0 atom stereocenters. The lowest BCUT2D eigenvalue weighted by Gasteiger charge is -2.14. The average molecular weight is 359 g/mol. The molecule has 1 aromatic carbocycles. The summed E-state index contributed by atoms with van der Waals surface area (Å²) in [6.07, 6.45) is 0.812. The van der Waals surface area contributed by atoms with Gasteiger partial charge < -0.3 is 10.1 Å². The highest BCUT2D eigenvalue weighted by Gasteiger charge is 2.15. The Morgan fingerprint density at radius 3 is 2.76 bits per heavy atom. The van der Waals surface area contributed by atoms with Crippen molar-refractivity contribution in [3.05, 3.63) is 57.6 Å². The first kappa shape index (κ1) is 17.4. The van der Waals surface area contributed by atoms with Gasteiger partial charge in [-0.3, -0.25) is 0 Å². The van der Waals surface area contributed by atoms with Crippen LogP contribution in [0.4, 0.5) is 5.82 Å². The van der Waals surface area contributed by atoms with Crippen LogP contribution in [-0.2, 0) is 4.74 Å². The molecular weight excluding hydrogens is 340 g/mol. The maximum absolute atomic E-state index is 12.7. The number of hydrogen-bond acceptors (Lipinski definition) is 5. The smallest absolute Gasteiger partial charge is 0.355 e. The average Bonchev–Trinajstić information content (AvgIpc) is 2.59. The van der Waals surface area contributed by atoms with Gasteiger partial charge in [0.2, 0.25) is 0 Å². The standard InChI is InChI=1S/C18H19ClN4O2/c1-12-8-9-13-16(20-10-5-11-25-2)22-18(24)23(17(13)21-12)15-7-4-3-6-14(15)19/h3-4,6-9H,5,10-11H2,1-2H3,(H,20,22,24). The highest BCUT2D eigenvalue weighted by molar-refractivity contribution is 6.32. The minimum atomic E-state index is -0.423. The maximum atomic E-state index is 12.7. The minimum Gasteiger partial charge on any atom is -0.385 e. The van der Waals surface area contributed by atoms with Gasteiger partial charge in [0.25, 0.3) is 0 Å². The molecule has 25 heavy (non-hydrogen) atoms. The van der Waals surface area contributed by atoms with Crippen LogP contribution in [0.25, 0.3) is 16.7 Å². The summed E-state index contributed by atoms with van der Waals surface area (Å²) in [5.74, 6) is 0.520. The number of aromatic nitrogens is 3. The number of rotatable bonds is 6. The van der Waals surface area contributed by atoms with E-state index in [0.717, 1.165) is 17.5 Å². The zero-order valence-electron chi connectivity index (χ0n) is 14.1. The molecule has 0 radical (unpaired) electrons. The third kappa shape index (κ3) is 3.65. The van der Waals surface area contributed by atoms with Crippen LogP contribution in [0.2, 0.25) is 5.02 Å². The van der Waals surface area contributed by atoms with Crippen molar-refractivity contribution in [1.82, 2.24) is 14.5 Å². The van der Waals surface area contributed by atoms with E-state index >= 15 is 0 Å². The Balaban J connectivity index is 2.16. The van der Waals surface area contributed by atoms with Crippen molar-refractivity contribution in [2.75, 3.05) is 25.6 Å². The summed E-state index contributed by atoms with van der Waals surface area (Å²) in [4.78, 5) is 21.5. The van der Waals surface area contributed by atoms with Gasteiger partial charge in [-0.15, -0.1) is 0 Å². The summed E-state index contributed by atoms with van der Waals surface area (Å²) >= 11 is 6.28. The van der Waals surface area contributed by atoms with Crippen molar-refractivity contribution in [2.24, 2.45) is 0 Å². The second-order valence-electron chi connectivity index (χ2n) is 5.63. The molecule has 0 fully saturated rings. The summed E-state index contributed by atoms with van der Waals surface area (Å²) in [7, 11) is 1.66. The summed E-state index contributed by atoms with van der Waals surface area (Å²) in [6.45, 7) is 3.17. The van der Waals surface area contributed by atoms with Gasteiger partial charge in [0.15, 0.2) is 5.65 Å². The van der Waals surface area contributed by atoms with Crippen LogP contribution in [-0.4, -0.2) is 34.8 Å². The lowest BCUT2D eigenvalue weighted by Crippen LogP contribution is -2.25. The van der Waals surface area contributed by atoms with Crippen LogP contribution in [0.15, 0.2) is 41.2 Å². The lowest BCUT2D eigenvalue weighted by atomic mass is 10.2. The summed E-state index contributed by atoms with van der Waals surface area (Å²) < 4.78 is 6.49. The van der Waals surface area contributed by atoms with Crippen LogP contribution in [0.3, 0.4) is 0 Å². The molecule has 0 saturated carbocycles. The Morgan fingerprint density at radius 2 is 2.00 bits per heavy atom. The van der Waals surface area contributed by atoms with Gasteiger partial charge in [0.1, 0.15) is 5.82 Å². The van der Waals surface area contributed by atoms with E-state index in [1.807, 2.05) is 31.2 Å². The van der Waals surface area contributed by atoms with Crippen molar-refractivity contribution in [1.29, 1.82) is 0 Å². The van der Waals surface area contributed by atoms with Crippen molar-refractivity contribution in [2.45, 2.75) is 13.3 Å². The number of hydrogen-bond donors (Lipinski definition) is 1. The van der Waals surface area contributed by atoms with E-state index in [-0.39, 0.29) is 0 Å². The molecule has 0 aliphatic carbocycles. The number of para-hydroxylation sites is 1. The van der Waals surface area contributed by atoms with Crippen LogP contribution in [0.5, 0.6) is 0 Å². The molecule has 0 aliphatic rings. The third-order valence-electron chi connectivity index (χ3n) is 3.79. The largest absolute Gasteiger partial charge is 0.385 e. The molecule has 0 unspecified atom stereocenters. The van der Waals surface area contributed by atoms with Crippen LogP contribution < -0.4 is 11.0 Å². The highest BCUT2D eigenvalue weighted by Crippen LogP contribution is 2.24. The molecule has 0 spiro atoms. The fourth-order valence-corrected chi connectivity index (χ4v) is 2.82. The van der Waals surface area contributed by atoms with E-state index in [2.05, 4.69) is 15.3 Å². The molecule has 0 bridgehead atoms. The van der Waals surface area contributed by atoms with E-state index < -0.39 is 5.69 Å². The van der Waals surface area contributed by atoms with Crippen molar-refractivity contribution < 1.29 is 4.74 Å². The number of anilines is 1. The second kappa shape index (κ2) is 7.63. The van der Waals surface area contributed by atoms with Crippen molar-refractivity contribution in [3.8, 4) is 5.69 Å². The molecule has 3 rings (SSSR count). The Morgan fingerprint density at radius 1 is 1.20 bits per heavy atom. The Kier molecular flexibility index (Phi) is 5.31. The first-order valence-corrected chi connectivity index (χ1v) is 8.37. The number of aryl methyl sites for hydroxylation is 1. The fourth-order valence-electron chi connectivity index (χ4n) is 2.60. The lowest BCUT2D eigenvalue weighted by molar-refractivity contribution is 0.198. The Hall–Kier alpha value is -2.44. The number of halogens is 1. The molecular formula is C18H19ClN4O2. The van der Waals surface area contributed by atoms with Crippen molar-refractivity contribution in [3.63, 3.8) is 0 Å². The van der Waals surface area contributed by atoms with Crippen LogP contribution in [0, 0.1) is 6.92 Å². The van der Waals surface area contributed by atoms with E-state index in [0.29, 0.717) is 35.3 Å². The number of fused-ring (bicyclic) bond motifs is 1. The van der Waals surface area contributed by atoms with Crippen LogP contribution >= 0.6 is 11.6 Å². The van der Waals surface area contributed by atoms with Gasteiger partial charge in [0.05, 0.1) is 16.1 Å². The van der Waals surface area contributed by atoms with E-state index in [1.54, 1.807) is 19.2 Å². The molecule has 0 aliphatic heterocycles. The number of pyridine rings is 1. The minimum absolute atomic E-state index is 0.423. The third-order valence-corrected chi connectivity index (χ3v) is 4.11. The summed E-state index contributed by atoms with van der Waals surface area (Å²) in [5.41, 5.74) is 1.48. The molecule has 7 heteroatoms. The van der Waals surface area contributed by atoms with Gasteiger partial charge in [-0.25, -0.2) is 14.3 Å². The number of nitrogens with one attached hydrogen (secondary N) is 1. The predicted molar refractivity (Wildman–Crippen MR) is 99.9 cm³/mol. The quantitative estimate of drug-likeness (QED) is 0.685. The number of benzene rings is 1. The predicted octanol–water partition coefficient (Wildman–Crippen LogP) is 3.19.